The Balaban J connectivity index is 2.39. The summed E-state index contributed by atoms with van der Waals surface area (Å²) in [6.45, 7) is 3.79. The lowest BCUT2D eigenvalue weighted by Crippen LogP contribution is -1.95. The van der Waals surface area contributed by atoms with Gasteiger partial charge in [-0.25, -0.2) is 4.39 Å². The van der Waals surface area contributed by atoms with Crippen molar-refractivity contribution >= 4 is 33.2 Å². The summed E-state index contributed by atoms with van der Waals surface area (Å²) in [5.41, 5.74) is 7.80. The van der Waals surface area contributed by atoms with Gasteiger partial charge < -0.3 is 10.5 Å². The highest BCUT2D eigenvalue weighted by Crippen LogP contribution is 2.34. The van der Waals surface area contributed by atoms with Gasteiger partial charge in [-0.15, -0.1) is 0 Å². The molecule has 0 saturated carbocycles. The molecule has 0 aliphatic heterocycles. The van der Waals surface area contributed by atoms with Crippen molar-refractivity contribution in [2.75, 3.05) is 5.73 Å². The Hall–Kier alpha value is -1.26. The number of nitrogen functional groups attached to an aromatic ring is 1. The maximum absolute atomic E-state index is 13.3. The van der Waals surface area contributed by atoms with Crippen molar-refractivity contribution in [1.82, 2.24) is 0 Å². The fourth-order valence-electron chi connectivity index (χ4n) is 1.72. The summed E-state index contributed by atoms with van der Waals surface area (Å²) in [7, 11) is 0. The second kappa shape index (κ2) is 5.39. The van der Waals surface area contributed by atoms with Crippen molar-refractivity contribution < 1.29 is 9.13 Å². The summed E-state index contributed by atoms with van der Waals surface area (Å²) in [5.74, 6) is 0.590. The topological polar surface area (TPSA) is 35.2 Å². The Kier molecular flexibility index (Phi) is 4.02. The van der Waals surface area contributed by atoms with Gasteiger partial charge in [0, 0.05) is 17.2 Å². The maximum Gasteiger partial charge on any atom is 0.151 e. The molecule has 0 atom stereocenters. The Bertz CT molecular complexity index is 623. The molecular weight excluding hydrogens is 333 g/mol. The Morgan fingerprint density at radius 2 is 1.74 bits per heavy atom. The van der Waals surface area contributed by atoms with Crippen molar-refractivity contribution in [1.29, 1.82) is 0 Å². The molecule has 2 nitrogen and oxygen atoms in total. The monoisotopic (exact) mass is 343 g/mol. The third kappa shape index (κ3) is 3.01. The predicted molar refractivity (Wildman–Crippen MR) is 79.5 cm³/mol. The first-order chi connectivity index (χ1) is 8.88. The van der Waals surface area contributed by atoms with Gasteiger partial charge >= 0.3 is 0 Å². The molecule has 0 amide bonds. The van der Waals surface area contributed by atoms with E-state index >= 15 is 0 Å². The van der Waals surface area contributed by atoms with Crippen LogP contribution in [0.15, 0.2) is 28.7 Å². The highest BCUT2D eigenvalue weighted by Gasteiger charge is 2.10. The van der Waals surface area contributed by atoms with Gasteiger partial charge in [-0.05, 0) is 53.0 Å². The first kappa shape index (κ1) is 14.2. The molecule has 2 N–H and O–H groups in total. The number of hydrogen-bond acceptors (Lipinski definition) is 2. The molecule has 0 saturated heterocycles. The lowest BCUT2D eigenvalue weighted by Gasteiger charge is -2.12. The molecule has 0 spiro atoms. The van der Waals surface area contributed by atoms with Crippen LogP contribution in [0, 0.1) is 19.7 Å². The molecule has 0 aliphatic rings. The number of hydrogen-bond donors (Lipinski definition) is 1. The van der Waals surface area contributed by atoms with E-state index in [0.29, 0.717) is 21.0 Å². The lowest BCUT2D eigenvalue weighted by molar-refractivity contribution is 0.481. The second-order valence-corrected chi connectivity index (χ2v) is 5.51. The normalized spacial score (nSPS) is 10.6. The first-order valence-electron chi connectivity index (χ1n) is 5.57. The zero-order valence-corrected chi connectivity index (χ0v) is 12.8. The zero-order valence-electron chi connectivity index (χ0n) is 10.4. The fraction of sp³-hybridized carbons (Fsp3) is 0.143. The number of anilines is 1. The summed E-state index contributed by atoms with van der Waals surface area (Å²) in [6, 6.07) is 6.34. The van der Waals surface area contributed by atoms with Crippen molar-refractivity contribution in [2.45, 2.75) is 13.8 Å². The average Bonchev–Trinajstić information content (AvgIpc) is 2.33. The molecule has 2 aromatic carbocycles. The highest BCUT2D eigenvalue weighted by molar-refractivity contribution is 9.10. The minimum atomic E-state index is -0.423. The molecule has 0 unspecified atom stereocenters. The molecule has 5 heteroatoms. The Labute approximate surface area is 124 Å². The molecular formula is C14H12BrClFNO. The molecule has 19 heavy (non-hydrogen) atoms. The smallest absolute Gasteiger partial charge is 0.151 e. The minimum Gasteiger partial charge on any atom is -0.455 e. The van der Waals surface area contributed by atoms with Gasteiger partial charge in [-0.1, -0.05) is 11.6 Å². The van der Waals surface area contributed by atoms with Gasteiger partial charge in [0.25, 0.3) is 0 Å². The largest absolute Gasteiger partial charge is 0.455 e. The Morgan fingerprint density at radius 1 is 1.16 bits per heavy atom. The van der Waals surface area contributed by atoms with E-state index < -0.39 is 5.82 Å². The van der Waals surface area contributed by atoms with E-state index in [9.17, 15) is 4.39 Å². The van der Waals surface area contributed by atoms with Crippen LogP contribution < -0.4 is 10.5 Å². The molecule has 0 aliphatic carbocycles. The van der Waals surface area contributed by atoms with Crippen LogP contribution in [0.2, 0.25) is 5.02 Å². The van der Waals surface area contributed by atoms with Gasteiger partial charge in [0.05, 0.1) is 10.2 Å². The predicted octanol–water partition coefficient (Wildman–Crippen LogP) is 5.23. The van der Waals surface area contributed by atoms with Gasteiger partial charge in [0.2, 0.25) is 0 Å². The molecule has 0 aromatic heterocycles. The van der Waals surface area contributed by atoms with Crippen LogP contribution in [-0.4, -0.2) is 0 Å². The summed E-state index contributed by atoms with van der Waals surface area (Å²) in [5, 5.41) is 0.709. The SMILES string of the molecule is Cc1cc(Oc2cc(Br)c(F)cc2N)cc(C)c1Cl. The molecule has 0 fully saturated rings. The summed E-state index contributed by atoms with van der Waals surface area (Å²) in [4.78, 5) is 0. The maximum atomic E-state index is 13.3. The van der Waals surface area contributed by atoms with Crippen molar-refractivity contribution in [2.24, 2.45) is 0 Å². The number of rotatable bonds is 2. The van der Waals surface area contributed by atoms with E-state index in [1.807, 2.05) is 26.0 Å². The summed E-state index contributed by atoms with van der Waals surface area (Å²) < 4.78 is 19.3. The third-order valence-electron chi connectivity index (χ3n) is 2.69. The summed E-state index contributed by atoms with van der Waals surface area (Å²) in [6.07, 6.45) is 0. The van der Waals surface area contributed by atoms with Crippen LogP contribution in [0.1, 0.15) is 11.1 Å². The van der Waals surface area contributed by atoms with Gasteiger partial charge in [-0.2, -0.15) is 0 Å². The van der Waals surface area contributed by atoms with Crippen LogP contribution in [0.25, 0.3) is 0 Å². The lowest BCUT2D eigenvalue weighted by atomic mass is 10.1. The molecule has 2 aromatic rings. The van der Waals surface area contributed by atoms with Crippen molar-refractivity contribution in [3.05, 3.63) is 50.7 Å². The molecule has 0 bridgehead atoms. The number of halogens is 3. The van der Waals surface area contributed by atoms with Gasteiger partial charge in [-0.3, -0.25) is 0 Å². The quantitative estimate of drug-likeness (QED) is 0.757. The zero-order chi connectivity index (χ0) is 14.2. The average molecular weight is 345 g/mol. The number of aryl methyl sites for hydroxylation is 2. The molecule has 0 heterocycles. The first-order valence-corrected chi connectivity index (χ1v) is 6.74. The number of benzene rings is 2. The van der Waals surface area contributed by atoms with Crippen LogP contribution >= 0.6 is 27.5 Å². The Morgan fingerprint density at radius 3 is 2.32 bits per heavy atom. The van der Waals surface area contributed by atoms with Crippen LogP contribution in [0.5, 0.6) is 11.5 Å². The van der Waals surface area contributed by atoms with Crippen molar-refractivity contribution in [3.63, 3.8) is 0 Å². The minimum absolute atomic E-state index is 0.242. The molecule has 0 radical (unpaired) electrons. The summed E-state index contributed by atoms with van der Waals surface area (Å²) >= 11 is 9.20. The number of ether oxygens (including phenoxy) is 1. The highest BCUT2D eigenvalue weighted by atomic mass is 79.9. The van der Waals surface area contributed by atoms with Gasteiger partial charge in [0.15, 0.2) is 5.75 Å². The van der Waals surface area contributed by atoms with Crippen LogP contribution in [0.4, 0.5) is 10.1 Å². The van der Waals surface area contributed by atoms with E-state index in [0.717, 1.165) is 11.1 Å². The third-order valence-corrected chi connectivity index (χ3v) is 3.89. The number of nitrogens with two attached hydrogens (primary N) is 1. The molecule has 2 rings (SSSR count). The van der Waals surface area contributed by atoms with Crippen LogP contribution in [-0.2, 0) is 0 Å². The fourth-order valence-corrected chi connectivity index (χ4v) is 2.16. The molecule has 100 valence electrons. The van der Waals surface area contributed by atoms with E-state index in [1.165, 1.54) is 12.1 Å². The van der Waals surface area contributed by atoms with E-state index in [-0.39, 0.29) is 5.69 Å². The second-order valence-electron chi connectivity index (χ2n) is 4.28. The van der Waals surface area contributed by atoms with Gasteiger partial charge in [0.1, 0.15) is 11.6 Å². The van der Waals surface area contributed by atoms with Crippen LogP contribution in [0.3, 0.4) is 0 Å². The van der Waals surface area contributed by atoms with E-state index in [4.69, 9.17) is 22.1 Å². The van der Waals surface area contributed by atoms with E-state index in [1.54, 1.807) is 0 Å². The van der Waals surface area contributed by atoms with E-state index in [2.05, 4.69) is 15.9 Å². The van der Waals surface area contributed by atoms with Crippen molar-refractivity contribution in [3.8, 4) is 11.5 Å². The standard InChI is InChI=1S/C14H12BrClFNO/c1-7-3-9(4-8(2)14(7)16)19-13-5-10(15)11(17)6-12(13)18/h3-6H,18H2,1-2H3.